The fraction of sp³-hybridized carbons (Fsp3) is 0.133. The number of halogens is 3. The Morgan fingerprint density at radius 3 is 2.40 bits per heavy atom. The summed E-state index contributed by atoms with van der Waals surface area (Å²) in [6.45, 7) is 1.64. The molecule has 5 heteroatoms. The minimum Gasteiger partial charge on any atom is -0.345 e. The molecule has 0 saturated carbocycles. The van der Waals surface area contributed by atoms with Gasteiger partial charge in [0.1, 0.15) is 11.6 Å². The molecule has 2 aromatic rings. The van der Waals surface area contributed by atoms with Gasteiger partial charge in [-0.25, -0.2) is 8.78 Å². The molecule has 0 fully saturated rings. The van der Waals surface area contributed by atoms with E-state index in [0.717, 1.165) is 0 Å². The van der Waals surface area contributed by atoms with Crippen molar-refractivity contribution < 1.29 is 13.6 Å². The molecule has 0 bridgehead atoms. The van der Waals surface area contributed by atoms with Crippen LogP contribution in [0.15, 0.2) is 46.9 Å². The Hall–Kier alpha value is -1.75. The lowest BCUT2D eigenvalue weighted by Crippen LogP contribution is -2.28. The molecular formula is C15H12BrF2NO. The molecule has 0 aliphatic heterocycles. The quantitative estimate of drug-likeness (QED) is 0.891. The minimum atomic E-state index is -0.627. The van der Waals surface area contributed by atoms with Gasteiger partial charge in [-0.1, -0.05) is 24.3 Å². The van der Waals surface area contributed by atoms with Gasteiger partial charge in [0.2, 0.25) is 0 Å². The van der Waals surface area contributed by atoms with Gasteiger partial charge in [-0.2, -0.15) is 0 Å². The van der Waals surface area contributed by atoms with Crippen molar-refractivity contribution in [2.45, 2.75) is 13.0 Å². The molecule has 0 aliphatic carbocycles. The smallest absolute Gasteiger partial charge is 0.255 e. The Morgan fingerprint density at radius 1 is 1.10 bits per heavy atom. The highest BCUT2D eigenvalue weighted by Gasteiger charge is 2.19. The number of hydrogen-bond donors (Lipinski definition) is 1. The molecule has 1 atom stereocenters. The predicted octanol–water partition coefficient (Wildman–Crippen LogP) is 4.22. The van der Waals surface area contributed by atoms with Crippen LogP contribution >= 0.6 is 15.9 Å². The summed E-state index contributed by atoms with van der Waals surface area (Å²) in [7, 11) is 0. The first-order chi connectivity index (χ1) is 9.50. The number of amides is 1. The van der Waals surface area contributed by atoms with Gasteiger partial charge in [0.15, 0.2) is 0 Å². The third kappa shape index (κ3) is 3.04. The van der Waals surface area contributed by atoms with Crippen LogP contribution in [-0.2, 0) is 0 Å². The average molecular weight is 340 g/mol. The fourth-order valence-electron chi connectivity index (χ4n) is 1.89. The second-order valence-corrected chi connectivity index (χ2v) is 5.17. The van der Waals surface area contributed by atoms with Gasteiger partial charge in [-0.05, 0) is 41.1 Å². The summed E-state index contributed by atoms with van der Waals surface area (Å²) in [5.41, 5.74) is 0.268. The van der Waals surface area contributed by atoms with Gasteiger partial charge >= 0.3 is 0 Å². The highest BCUT2D eigenvalue weighted by Crippen LogP contribution is 2.22. The van der Waals surface area contributed by atoms with E-state index in [0.29, 0.717) is 10.0 Å². The standard InChI is InChI=1S/C15H12BrF2NO/c1-9(10-5-2-3-7-12(10)17)19-15(20)14-11(16)6-4-8-13(14)18/h2-9H,1H3,(H,19,20). The molecule has 0 spiro atoms. The van der Waals surface area contributed by atoms with E-state index in [9.17, 15) is 13.6 Å². The van der Waals surface area contributed by atoms with E-state index < -0.39 is 23.6 Å². The molecule has 104 valence electrons. The van der Waals surface area contributed by atoms with Crippen molar-refractivity contribution in [1.82, 2.24) is 5.32 Å². The van der Waals surface area contributed by atoms with E-state index in [-0.39, 0.29) is 5.56 Å². The summed E-state index contributed by atoms with van der Waals surface area (Å²) in [6.07, 6.45) is 0. The maximum absolute atomic E-state index is 13.7. The van der Waals surface area contributed by atoms with Crippen molar-refractivity contribution in [2.75, 3.05) is 0 Å². The number of carbonyl (C=O) groups excluding carboxylic acids is 1. The highest BCUT2D eigenvalue weighted by atomic mass is 79.9. The number of carbonyl (C=O) groups is 1. The van der Waals surface area contributed by atoms with E-state index >= 15 is 0 Å². The topological polar surface area (TPSA) is 29.1 Å². The zero-order chi connectivity index (χ0) is 14.7. The Bertz CT molecular complexity index is 625. The Labute approximate surface area is 123 Å². The lowest BCUT2D eigenvalue weighted by Gasteiger charge is -2.16. The molecule has 0 heterocycles. The normalized spacial score (nSPS) is 12.0. The molecule has 0 aromatic heterocycles. The van der Waals surface area contributed by atoms with Crippen LogP contribution in [0.4, 0.5) is 8.78 Å². The van der Waals surface area contributed by atoms with E-state index in [1.165, 1.54) is 18.2 Å². The zero-order valence-electron chi connectivity index (χ0n) is 10.7. The van der Waals surface area contributed by atoms with E-state index in [2.05, 4.69) is 21.2 Å². The Balaban J connectivity index is 2.22. The van der Waals surface area contributed by atoms with Gasteiger partial charge < -0.3 is 5.32 Å². The van der Waals surface area contributed by atoms with Crippen molar-refractivity contribution in [3.8, 4) is 0 Å². The first-order valence-corrected chi connectivity index (χ1v) is 6.79. The lowest BCUT2D eigenvalue weighted by atomic mass is 10.1. The Morgan fingerprint density at radius 2 is 1.75 bits per heavy atom. The predicted molar refractivity (Wildman–Crippen MR) is 76.4 cm³/mol. The maximum atomic E-state index is 13.7. The van der Waals surface area contributed by atoms with Crippen molar-refractivity contribution in [3.63, 3.8) is 0 Å². The van der Waals surface area contributed by atoms with Crippen LogP contribution in [0.3, 0.4) is 0 Å². The van der Waals surface area contributed by atoms with Gasteiger partial charge in [0, 0.05) is 10.0 Å². The summed E-state index contributed by atoms with van der Waals surface area (Å²) in [6, 6.07) is 9.86. The van der Waals surface area contributed by atoms with Gasteiger partial charge in [0.05, 0.1) is 11.6 Å². The van der Waals surface area contributed by atoms with Gasteiger partial charge in [-0.15, -0.1) is 0 Å². The molecule has 1 N–H and O–H groups in total. The highest BCUT2D eigenvalue weighted by molar-refractivity contribution is 9.10. The first-order valence-electron chi connectivity index (χ1n) is 6.00. The van der Waals surface area contributed by atoms with Crippen molar-refractivity contribution in [1.29, 1.82) is 0 Å². The second-order valence-electron chi connectivity index (χ2n) is 4.31. The summed E-state index contributed by atoms with van der Waals surface area (Å²) in [4.78, 5) is 12.1. The molecule has 20 heavy (non-hydrogen) atoms. The van der Waals surface area contributed by atoms with Crippen molar-refractivity contribution in [3.05, 3.63) is 69.7 Å². The van der Waals surface area contributed by atoms with E-state index in [1.54, 1.807) is 31.2 Å². The van der Waals surface area contributed by atoms with Crippen LogP contribution in [-0.4, -0.2) is 5.91 Å². The third-order valence-corrected chi connectivity index (χ3v) is 3.57. The Kier molecular flexibility index (Phi) is 4.49. The zero-order valence-corrected chi connectivity index (χ0v) is 12.2. The van der Waals surface area contributed by atoms with Crippen LogP contribution < -0.4 is 5.32 Å². The maximum Gasteiger partial charge on any atom is 0.255 e. The SMILES string of the molecule is CC(NC(=O)c1c(F)cccc1Br)c1ccccc1F. The molecule has 2 rings (SSSR count). The van der Waals surface area contributed by atoms with E-state index in [4.69, 9.17) is 0 Å². The third-order valence-electron chi connectivity index (χ3n) is 2.91. The monoisotopic (exact) mass is 339 g/mol. The van der Waals surface area contributed by atoms with Crippen LogP contribution in [0.25, 0.3) is 0 Å². The molecule has 2 aromatic carbocycles. The molecule has 0 aliphatic rings. The molecule has 1 unspecified atom stereocenters. The number of rotatable bonds is 3. The van der Waals surface area contributed by atoms with Crippen molar-refractivity contribution >= 4 is 21.8 Å². The number of nitrogens with one attached hydrogen (secondary N) is 1. The number of hydrogen-bond acceptors (Lipinski definition) is 1. The molecule has 0 radical (unpaired) electrons. The van der Waals surface area contributed by atoms with Crippen LogP contribution in [0, 0.1) is 11.6 Å². The second kappa shape index (κ2) is 6.13. The van der Waals surface area contributed by atoms with Crippen LogP contribution in [0.5, 0.6) is 0 Å². The van der Waals surface area contributed by atoms with Gasteiger partial charge in [0.25, 0.3) is 5.91 Å². The molecule has 2 nitrogen and oxygen atoms in total. The summed E-state index contributed by atoms with van der Waals surface area (Å²) in [5, 5.41) is 2.59. The number of benzene rings is 2. The fourth-order valence-corrected chi connectivity index (χ4v) is 2.41. The minimum absolute atomic E-state index is 0.0873. The average Bonchev–Trinajstić information content (AvgIpc) is 2.38. The van der Waals surface area contributed by atoms with Crippen molar-refractivity contribution in [2.24, 2.45) is 0 Å². The largest absolute Gasteiger partial charge is 0.345 e. The molecule has 1 amide bonds. The lowest BCUT2D eigenvalue weighted by molar-refractivity contribution is 0.0934. The molecule has 0 saturated heterocycles. The summed E-state index contributed by atoms with van der Waals surface area (Å²) >= 11 is 3.13. The van der Waals surface area contributed by atoms with E-state index in [1.807, 2.05) is 0 Å². The van der Waals surface area contributed by atoms with Gasteiger partial charge in [-0.3, -0.25) is 4.79 Å². The van der Waals surface area contributed by atoms with Crippen LogP contribution in [0.2, 0.25) is 0 Å². The summed E-state index contributed by atoms with van der Waals surface area (Å²) < 4.78 is 27.6. The summed E-state index contributed by atoms with van der Waals surface area (Å²) in [5.74, 6) is -1.63. The van der Waals surface area contributed by atoms with Crippen LogP contribution in [0.1, 0.15) is 28.9 Å². The molecular weight excluding hydrogens is 328 g/mol. The first kappa shape index (κ1) is 14.7.